The third kappa shape index (κ3) is 4.60. The maximum absolute atomic E-state index is 12.9. The molecule has 1 fully saturated rings. The van der Waals surface area contributed by atoms with Gasteiger partial charge in [-0.25, -0.2) is 4.79 Å². The van der Waals surface area contributed by atoms with Gasteiger partial charge in [-0.15, -0.1) is 11.3 Å². The fourth-order valence-electron chi connectivity index (χ4n) is 2.98. The highest BCUT2D eigenvalue weighted by atomic mass is 32.1. The predicted octanol–water partition coefficient (Wildman–Crippen LogP) is 4.86. The number of thiophene rings is 1. The zero-order valence-corrected chi connectivity index (χ0v) is 15.3. The van der Waals surface area contributed by atoms with Gasteiger partial charge in [-0.2, -0.15) is 0 Å². The normalized spacial score (nSPS) is 16.4. The molecule has 2 amide bonds. The Balaban J connectivity index is 1.64. The van der Waals surface area contributed by atoms with E-state index >= 15 is 0 Å². The van der Waals surface area contributed by atoms with Crippen molar-refractivity contribution < 1.29 is 4.79 Å². The number of nitrogens with zero attached hydrogens (tertiary/aromatic N) is 1. The van der Waals surface area contributed by atoms with Gasteiger partial charge < -0.3 is 10.2 Å². The van der Waals surface area contributed by atoms with Crippen molar-refractivity contribution in [2.75, 3.05) is 6.54 Å². The Labute approximate surface area is 148 Å². The van der Waals surface area contributed by atoms with Gasteiger partial charge in [-0.05, 0) is 49.6 Å². The van der Waals surface area contributed by atoms with E-state index in [1.165, 1.54) is 23.3 Å². The molecule has 1 aliphatic rings. The predicted molar refractivity (Wildman–Crippen MR) is 100 cm³/mol. The number of carbonyl (C=O) groups is 1. The number of nitrogens with one attached hydrogen (secondary N) is 1. The van der Waals surface area contributed by atoms with Crippen LogP contribution < -0.4 is 5.32 Å². The minimum Gasteiger partial charge on any atom is -0.335 e. The van der Waals surface area contributed by atoms with Crippen LogP contribution in [-0.2, 0) is 6.42 Å². The third-order valence-electron chi connectivity index (χ3n) is 4.62. The van der Waals surface area contributed by atoms with Gasteiger partial charge in [0.25, 0.3) is 0 Å². The number of hydrogen-bond acceptors (Lipinski definition) is 2. The molecule has 1 N–H and O–H groups in total. The van der Waals surface area contributed by atoms with Crippen LogP contribution >= 0.6 is 11.3 Å². The second kappa shape index (κ2) is 7.84. The Hall–Kier alpha value is -1.81. The molecule has 3 rings (SSSR count). The molecule has 0 radical (unpaired) electrons. The van der Waals surface area contributed by atoms with E-state index in [1.807, 2.05) is 23.1 Å². The SMILES string of the molecule is CC(Cc1cccs1)NC(=O)N(CC1CC1)C(C)c1ccccc1. The molecule has 0 bridgehead atoms. The average Bonchev–Trinajstić information content (AvgIpc) is 3.27. The van der Waals surface area contributed by atoms with E-state index in [1.54, 1.807) is 11.3 Å². The quantitative estimate of drug-likeness (QED) is 0.765. The molecule has 3 nitrogen and oxygen atoms in total. The lowest BCUT2D eigenvalue weighted by Crippen LogP contribution is -2.46. The summed E-state index contributed by atoms with van der Waals surface area (Å²) in [6.45, 7) is 5.06. The highest BCUT2D eigenvalue weighted by molar-refractivity contribution is 7.09. The number of urea groups is 1. The molecule has 2 atom stereocenters. The summed E-state index contributed by atoms with van der Waals surface area (Å²) in [4.78, 5) is 16.2. The molecule has 1 aliphatic carbocycles. The Kier molecular flexibility index (Phi) is 5.56. The van der Waals surface area contributed by atoms with Crippen LogP contribution in [0.5, 0.6) is 0 Å². The number of benzene rings is 1. The Bertz CT molecular complexity index is 637. The van der Waals surface area contributed by atoms with Crippen LogP contribution in [0.2, 0.25) is 0 Å². The molecule has 24 heavy (non-hydrogen) atoms. The maximum Gasteiger partial charge on any atom is 0.318 e. The monoisotopic (exact) mass is 342 g/mol. The molecule has 128 valence electrons. The third-order valence-corrected chi connectivity index (χ3v) is 5.52. The van der Waals surface area contributed by atoms with Crippen LogP contribution in [0.4, 0.5) is 4.79 Å². The van der Waals surface area contributed by atoms with Gasteiger partial charge in [0.15, 0.2) is 0 Å². The van der Waals surface area contributed by atoms with Crippen molar-refractivity contribution in [1.29, 1.82) is 0 Å². The molecule has 1 saturated carbocycles. The van der Waals surface area contributed by atoms with Gasteiger partial charge in [0.2, 0.25) is 0 Å². The smallest absolute Gasteiger partial charge is 0.318 e. The first kappa shape index (κ1) is 17.0. The van der Waals surface area contributed by atoms with Gasteiger partial charge in [0.05, 0.1) is 6.04 Å². The Morgan fingerprint density at radius 3 is 2.58 bits per heavy atom. The Morgan fingerprint density at radius 2 is 1.96 bits per heavy atom. The van der Waals surface area contributed by atoms with Crippen LogP contribution in [0, 0.1) is 5.92 Å². The van der Waals surface area contributed by atoms with Crippen molar-refractivity contribution in [3.63, 3.8) is 0 Å². The number of hydrogen-bond donors (Lipinski definition) is 1. The van der Waals surface area contributed by atoms with E-state index in [-0.39, 0.29) is 18.1 Å². The zero-order chi connectivity index (χ0) is 16.9. The van der Waals surface area contributed by atoms with E-state index in [9.17, 15) is 4.79 Å². The molecule has 0 spiro atoms. The molecular formula is C20H26N2OS. The molecule has 1 heterocycles. The second-order valence-corrected chi connectivity index (χ2v) is 7.85. The lowest BCUT2D eigenvalue weighted by molar-refractivity contribution is 0.172. The molecule has 0 aliphatic heterocycles. The average molecular weight is 343 g/mol. The summed E-state index contributed by atoms with van der Waals surface area (Å²) >= 11 is 1.75. The maximum atomic E-state index is 12.9. The summed E-state index contributed by atoms with van der Waals surface area (Å²) < 4.78 is 0. The van der Waals surface area contributed by atoms with Gasteiger partial charge in [-0.3, -0.25) is 0 Å². The summed E-state index contributed by atoms with van der Waals surface area (Å²) in [6, 6.07) is 14.8. The van der Waals surface area contributed by atoms with Crippen molar-refractivity contribution in [1.82, 2.24) is 10.2 Å². The van der Waals surface area contributed by atoms with Crippen molar-refractivity contribution in [3.8, 4) is 0 Å². The minimum atomic E-state index is 0.0577. The lowest BCUT2D eigenvalue weighted by Gasteiger charge is -2.31. The van der Waals surface area contributed by atoms with E-state index in [0.717, 1.165) is 13.0 Å². The van der Waals surface area contributed by atoms with Crippen molar-refractivity contribution in [2.24, 2.45) is 5.92 Å². The van der Waals surface area contributed by atoms with E-state index in [2.05, 4.69) is 48.8 Å². The summed E-state index contributed by atoms with van der Waals surface area (Å²) in [5.74, 6) is 0.675. The summed E-state index contributed by atoms with van der Waals surface area (Å²) in [6.07, 6.45) is 3.38. The van der Waals surface area contributed by atoms with Gasteiger partial charge in [-0.1, -0.05) is 36.4 Å². The molecule has 4 heteroatoms. The van der Waals surface area contributed by atoms with E-state index in [4.69, 9.17) is 0 Å². The van der Waals surface area contributed by atoms with Crippen LogP contribution in [0.25, 0.3) is 0 Å². The summed E-state index contributed by atoms with van der Waals surface area (Å²) in [7, 11) is 0. The minimum absolute atomic E-state index is 0.0577. The van der Waals surface area contributed by atoms with Crippen molar-refractivity contribution in [3.05, 3.63) is 58.3 Å². The van der Waals surface area contributed by atoms with Crippen molar-refractivity contribution >= 4 is 17.4 Å². The van der Waals surface area contributed by atoms with Crippen LogP contribution in [0.1, 0.15) is 43.2 Å². The molecule has 1 aromatic heterocycles. The second-order valence-electron chi connectivity index (χ2n) is 6.82. The largest absolute Gasteiger partial charge is 0.335 e. The van der Waals surface area contributed by atoms with E-state index < -0.39 is 0 Å². The fourth-order valence-corrected chi connectivity index (χ4v) is 3.82. The molecule has 0 saturated heterocycles. The highest BCUT2D eigenvalue weighted by Crippen LogP contribution is 2.32. The number of carbonyl (C=O) groups excluding carboxylic acids is 1. The molecule has 2 aromatic rings. The molecular weight excluding hydrogens is 316 g/mol. The lowest BCUT2D eigenvalue weighted by atomic mass is 10.1. The molecule has 2 unspecified atom stereocenters. The zero-order valence-electron chi connectivity index (χ0n) is 14.4. The first-order valence-corrected chi connectivity index (χ1v) is 9.66. The van der Waals surface area contributed by atoms with Gasteiger partial charge in [0.1, 0.15) is 0 Å². The van der Waals surface area contributed by atoms with Gasteiger partial charge in [0, 0.05) is 23.9 Å². The standard InChI is InChI=1S/C20H26N2OS/c1-15(13-19-9-6-12-24-19)21-20(23)22(14-17-10-11-17)16(2)18-7-4-3-5-8-18/h3-9,12,15-17H,10-11,13-14H2,1-2H3,(H,21,23). The number of rotatable bonds is 7. The van der Waals surface area contributed by atoms with Gasteiger partial charge >= 0.3 is 6.03 Å². The van der Waals surface area contributed by atoms with Crippen LogP contribution in [0.3, 0.4) is 0 Å². The summed E-state index contributed by atoms with van der Waals surface area (Å²) in [5, 5.41) is 5.28. The van der Waals surface area contributed by atoms with Crippen LogP contribution in [0.15, 0.2) is 47.8 Å². The van der Waals surface area contributed by atoms with Crippen molar-refractivity contribution in [2.45, 2.75) is 45.2 Å². The van der Waals surface area contributed by atoms with Crippen LogP contribution in [-0.4, -0.2) is 23.5 Å². The summed E-state index contributed by atoms with van der Waals surface area (Å²) in [5.41, 5.74) is 1.19. The first-order valence-electron chi connectivity index (χ1n) is 8.78. The fraction of sp³-hybridized carbons (Fsp3) is 0.450. The highest BCUT2D eigenvalue weighted by Gasteiger charge is 2.30. The first-order chi connectivity index (χ1) is 11.6. The van der Waals surface area contributed by atoms with E-state index in [0.29, 0.717) is 5.92 Å². The topological polar surface area (TPSA) is 32.3 Å². The molecule has 1 aromatic carbocycles. The number of amides is 2. The Morgan fingerprint density at radius 1 is 1.21 bits per heavy atom.